The van der Waals surface area contributed by atoms with Gasteiger partial charge in [-0.15, -0.1) is 11.8 Å². The molecule has 16 amide bonds. The van der Waals surface area contributed by atoms with Gasteiger partial charge in [0, 0.05) is 87.9 Å². The normalized spacial score (nSPS) is 22.2. The van der Waals surface area contributed by atoms with E-state index in [1.807, 2.05) is 0 Å². The molecule has 2 heterocycles. The Kier molecular flexibility index (Phi) is 48.2. The fraction of sp³-hybridized carbons (Fsp3) is 0.464. The molecule has 13 unspecified atom stereocenters. The van der Waals surface area contributed by atoms with Crippen LogP contribution in [0.3, 0.4) is 0 Å². The number of aliphatic hydroxyl groups excluding tert-OH is 1. The van der Waals surface area contributed by atoms with Crippen molar-refractivity contribution in [3.63, 3.8) is 0 Å². The van der Waals surface area contributed by atoms with Crippen LogP contribution >= 0.6 is 23.4 Å². The molecule has 1 aliphatic heterocycles. The molecule has 0 bridgehead atoms. The van der Waals surface area contributed by atoms with E-state index in [-0.39, 0.29) is 126 Å². The third kappa shape index (κ3) is 40.9. The van der Waals surface area contributed by atoms with E-state index < -0.39 is 239 Å². The Hall–Kier alpha value is -15.2. The summed E-state index contributed by atoms with van der Waals surface area (Å²) in [7, 11) is 1.59. The van der Waals surface area contributed by atoms with Crippen molar-refractivity contribution >= 4 is 136 Å². The number of primary amides is 1. The van der Waals surface area contributed by atoms with Crippen LogP contribution in [0, 0.1) is 22.1 Å². The summed E-state index contributed by atoms with van der Waals surface area (Å²) in [6.07, 6.45) is -1.25. The topological polar surface area (TPSA) is 770 Å². The van der Waals surface area contributed by atoms with Crippen molar-refractivity contribution in [1.29, 1.82) is 16.2 Å². The summed E-state index contributed by atoms with van der Waals surface area (Å²) in [5.74, 6) is -19.9. The number of aryl methyl sites for hydroxylation is 1. The number of aromatic nitrogens is 2. The molecule has 5 aromatic carbocycles. The number of benzene rings is 5. The highest BCUT2D eigenvalue weighted by Gasteiger charge is 2.42. The summed E-state index contributed by atoms with van der Waals surface area (Å²) in [4.78, 5) is 243. The van der Waals surface area contributed by atoms with Crippen molar-refractivity contribution in [2.45, 2.75) is 228 Å². The van der Waals surface area contributed by atoms with Gasteiger partial charge in [0.1, 0.15) is 95.6 Å². The lowest BCUT2D eigenvalue weighted by atomic mass is 9.96. The maximum absolute atomic E-state index is 15.6. The lowest BCUT2D eigenvalue weighted by Gasteiger charge is -2.31. The quantitative estimate of drug-likeness (QED) is 0.0104. The number of guanidine groups is 3. The number of imidazole rings is 1. The number of halogens is 1. The summed E-state index contributed by atoms with van der Waals surface area (Å²) < 4.78 is 1.53. The highest BCUT2D eigenvalue weighted by molar-refractivity contribution is 8.00. The number of hydrogen-bond acceptors (Lipinski definition) is 25. The van der Waals surface area contributed by atoms with Crippen LogP contribution in [0.5, 0.6) is 11.5 Å². The minimum Gasteiger partial charge on any atom is -0.508 e. The first-order valence-electron chi connectivity index (χ1n) is 47.7. The van der Waals surface area contributed by atoms with Crippen LogP contribution in [0.4, 0.5) is 0 Å². The number of unbranched alkanes of at least 4 members (excludes halogenated alkanes) is 1. The van der Waals surface area contributed by atoms with Crippen LogP contribution in [0.15, 0.2) is 146 Å². The first kappa shape index (κ1) is 118. The zero-order valence-corrected chi connectivity index (χ0v) is 83.8. The van der Waals surface area contributed by atoms with Gasteiger partial charge in [-0.1, -0.05) is 129 Å². The first-order chi connectivity index (χ1) is 69.4. The molecular formula is C97H137ClN28O19S. The molecule has 49 heteroatoms. The Morgan fingerprint density at radius 3 is 1.20 bits per heavy atom. The van der Waals surface area contributed by atoms with E-state index in [1.54, 1.807) is 81.6 Å². The van der Waals surface area contributed by atoms with E-state index in [2.05, 4.69) is 101 Å². The Balaban J connectivity index is 1.38. The number of thioether (sulfide) groups is 1. The molecule has 0 saturated carbocycles. The minimum absolute atomic E-state index is 0.0146. The Bertz CT molecular complexity index is 5440. The molecule has 34 N–H and O–H groups in total. The van der Waals surface area contributed by atoms with Crippen LogP contribution in [0.1, 0.15) is 132 Å². The molecule has 1 aromatic heterocycles. The summed E-state index contributed by atoms with van der Waals surface area (Å²) in [6, 6.07) is 12.0. The summed E-state index contributed by atoms with van der Waals surface area (Å²) in [6.45, 7) is 6.23. The van der Waals surface area contributed by atoms with Gasteiger partial charge in [0.15, 0.2) is 17.9 Å². The van der Waals surface area contributed by atoms with Gasteiger partial charge in [-0.2, -0.15) is 0 Å². The number of aromatic hydroxyl groups is 2. The van der Waals surface area contributed by atoms with Crippen molar-refractivity contribution in [3.8, 4) is 11.5 Å². The number of amides is 16. The second-order valence-corrected chi connectivity index (χ2v) is 37.5. The molecule has 792 valence electrons. The Morgan fingerprint density at radius 2 is 0.801 bits per heavy atom. The van der Waals surface area contributed by atoms with Crippen LogP contribution in [-0.4, -0.2) is 272 Å². The van der Waals surface area contributed by atoms with E-state index in [0.717, 1.165) is 18.7 Å². The number of rotatable bonds is 34. The first-order valence-corrected chi connectivity index (χ1v) is 49.3. The van der Waals surface area contributed by atoms with Crippen LogP contribution < -0.4 is 124 Å². The minimum atomic E-state index is -2.04. The van der Waals surface area contributed by atoms with E-state index >= 15 is 57.5 Å². The predicted octanol–water partition coefficient (Wildman–Crippen LogP) is -3.87. The van der Waals surface area contributed by atoms with Gasteiger partial charge in [-0.25, -0.2) is 4.98 Å². The van der Waals surface area contributed by atoms with Crippen molar-refractivity contribution in [1.82, 2.24) is 105 Å². The molecular weight excluding hydrogens is 1930 g/mol. The second kappa shape index (κ2) is 59.8. The second-order valence-electron chi connectivity index (χ2n) is 36.0. The zero-order valence-electron chi connectivity index (χ0n) is 82.2. The number of carbonyl (C=O) groups is 16. The van der Waals surface area contributed by atoms with E-state index in [1.165, 1.54) is 104 Å². The van der Waals surface area contributed by atoms with Gasteiger partial charge in [0.25, 0.3) is 0 Å². The summed E-state index contributed by atoms with van der Waals surface area (Å²) in [5.41, 5.74) is 28.7. The third-order valence-electron chi connectivity index (χ3n) is 23.7. The van der Waals surface area contributed by atoms with Gasteiger partial charge in [0.05, 0.1) is 24.7 Å². The molecule has 15 atom stereocenters. The van der Waals surface area contributed by atoms with E-state index in [4.69, 9.17) is 56.5 Å². The van der Waals surface area contributed by atoms with Crippen LogP contribution in [0.25, 0.3) is 0 Å². The van der Waals surface area contributed by atoms with Crippen LogP contribution in [-0.2, 0) is 122 Å². The standard InChI is InChI=1S/C97H137ClN28O19S/c1-7-54(2)78-91(143)116-67(25-17-41-109-95(103)104)82(134)113-65(23-14-15-39-99)81(133)115-68(26-18-42-110-96(105)106)90(142)125-97(4,5)93(145)122-73(44-57-21-12-9-13-22-57)88(140)114-66(24-16-40-108-94(101)102)83(135)117-70(46-59-29-35-63(128)36-30-59)85(137)118-71(45-58-27-33-61(98)34-28-58)86(138)119-72(47-60-31-37-64(129)38-32-60)87(139)121-75(80(132)111-50-76(100)130)51-146-52-77(131)112-69(43-56-19-10-8-11-20-56)84(136)120-74(48-62-49-107-53-126(62)6)89(141)124-79(55(3)127)92(144)123-78/h8-13,19-22,27-38,49,53-55,65-75,78-79,127-129H,7,14-18,23-26,39-48,50-52,99H2,1-6H3,(H2,100,130)(H,111,132)(H,112,131)(H,113,134)(H,114,140)(H,115,133)(H,116,143)(H,117,135)(H,118,137)(H,119,138)(H,120,136)(H,121,139)(H,122,145)(H,123,144)(H,124,141)(H,125,142)(H4,101,102,108)(H4,103,104,109)(H4,105,106,110)/t54-,55+,65?,66?,67?,68?,69?,70?,71?,72?,73?,74?,75?,78?,79?/m0/s1. The fourth-order valence-corrected chi connectivity index (χ4v) is 16.3. The van der Waals surface area contributed by atoms with Crippen LogP contribution in [0.2, 0.25) is 5.02 Å². The number of carbonyl (C=O) groups excluding carboxylic acids is 16. The fourth-order valence-electron chi connectivity index (χ4n) is 15.3. The van der Waals surface area contributed by atoms with Crippen molar-refractivity contribution < 1.29 is 92.0 Å². The highest BCUT2D eigenvalue weighted by Crippen LogP contribution is 2.21. The molecule has 6 aromatic rings. The molecule has 7 rings (SSSR count). The van der Waals surface area contributed by atoms with Gasteiger partial charge >= 0.3 is 0 Å². The Labute approximate surface area is 854 Å². The lowest BCUT2D eigenvalue weighted by Crippen LogP contribution is -2.64. The number of nitrogens with one attached hydrogen (secondary N) is 21. The van der Waals surface area contributed by atoms with Gasteiger partial charge < -0.3 is 144 Å². The number of nitrogens with zero attached hydrogens (tertiary/aromatic N) is 2. The Morgan fingerprint density at radius 1 is 0.452 bits per heavy atom. The molecule has 146 heavy (non-hydrogen) atoms. The number of nitrogens with two attached hydrogens (primary N) is 5. The number of aliphatic hydroxyl groups is 1. The lowest BCUT2D eigenvalue weighted by molar-refractivity contribution is -0.138. The molecule has 1 aliphatic rings. The van der Waals surface area contributed by atoms with Gasteiger partial charge in [-0.3, -0.25) is 92.9 Å². The maximum atomic E-state index is 15.6. The van der Waals surface area contributed by atoms with Crippen molar-refractivity contribution in [3.05, 3.63) is 185 Å². The highest BCUT2D eigenvalue weighted by atomic mass is 35.5. The predicted molar refractivity (Wildman–Crippen MR) is 544 cm³/mol. The maximum Gasteiger partial charge on any atom is 0.245 e. The monoisotopic (exact) mass is 2070 g/mol. The molecule has 0 spiro atoms. The zero-order chi connectivity index (χ0) is 107. The van der Waals surface area contributed by atoms with E-state index in [9.17, 15) is 34.5 Å². The summed E-state index contributed by atoms with van der Waals surface area (Å²) in [5, 5.41) is 104. The molecule has 0 aliphatic carbocycles. The van der Waals surface area contributed by atoms with E-state index in [0.29, 0.717) is 39.9 Å². The van der Waals surface area contributed by atoms with Crippen molar-refractivity contribution in [2.75, 3.05) is 44.2 Å². The molecule has 1 fully saturated rings. The molecule has 1 saturated heterocycles. The number of phenolic OH excluding ortho intramolecular Hbond substituents is 2. The average Bonchev–Trinajstić information content (AvgIpc) is 1.06. The number of hydrogen-bond donors (Lipinski definition) is 29. The smallest absolute Gasteiger partial charge is 0.245 e. The molecule has 47 nitrogen and oxygen atoms in total. The molecule has 0 radical (unpaired) electrons. The summed E-state index contributed by atoms with van der Waals surface area (Å²) >= 11 is 7.11. The van der Waals surface area contributed by atoms with Crippen molar-refractivity contribution in [2.24, 2.45) is 41.6 Å². The third-order valence-corrected chi connectivity index (χ3v) is 25.0. The SMILES string of the molecule is CC[C@H](C)C1NC(=O)C([C@@H](C)O)NC(=O)C(Cc2cncn2C)NC(=O)C(Cc2ccccc2)NC(=O)CSCC(C(=O)NCC(N)=O)NC(=O)C(Cc2ccc(O)cc2)NC(=O)C(Cc2ccc(Cl)cc2)NC(=O)C(Cc2ccc(O)cc2)NC(=O)C(CCCNC(=N)N)NC(=O)C(Cc2ccccc2)NC(=O)C(C)(C)NC(=O)C(CCCNC(=N)N)NC(=O)C(CCCCN)NC(=O)C(CCCNC(=N)N)NC1=O. The number of phenols is 2. The average molecular weight is 2070 g/mol. The van der Waals surface area contributed by atoms with Gasteiger partial charge in [0.2, 0.25) is 94.5 Å². The largest absolute Gasteiger partial charge is 0.508 e. The van der Waals surface area contributed by atoms with Gasteiger partial charge in [-0.05, 0) is 155 Å².